The highest BCUT2D eigenvalue weighted by Crippen LogP contribution is 2.27. The third kappa shape index (κ3) is 2.97. The van der Waals surface area contributed by atoms with Gasteiger partial charge in [-0.3, -0.25) is 0 Å². The summed E-state index contributed by atoms with van der Waals surface area (Å²) in [7, 11) is 0. The summed E-state index contributed by atoms with van der Waals surface area (Å²) in [6.07, 6.45) is 6.85. The minimum atomic E-state index is -0.214. The minimum Gasteiger partial charge on any atom is -0.489 e. The third-order valence-electron chi connectivity index (χ3n) is 3.27. The van der Waals surface area contributed by atoms with Gasteiger partial charge in [-0.1, -0.05) is 48.6 Å². The van der Waals surface area contributed by atoms with Crippen LogP contribution in [0, 0.1) is 5.82 Å². The smallest absolute Gasteiger partial charge is 0.123 e. The quantitative estimate of drug-likeness (QED) is 0.782. The number of halogens is 1. The molecule has 0 spiro atoms. The molecule has 2 aromatic rings. The average molecular weight is 266 g/mol. The van der Waals surface area contributed by atoms with Gasteiger partial charge in [0.15, 0.2) is 0 Å². The summed E-state index contributed by atoms with van der Waals surface area (Å²) in [6, 6.07) is 14.8. The van der Waals surface area contributed by atoms with Gasteiger partial charge in [0.25, 0.3) is 0 Å². The second-order valence-electron chi connectivity index (χ2n) is 4.81. The zero-order valence-electron chi connectivity index (χ0n) is 11.1. The van der Waals surface area contributed by atoms with Crippen LogP contribution >= 0.6 is 0 Å². The molecule has 1 nitrogen and oxygen atoms in total. The Labute approximate surface area is 118 Å². The van der Waals surface area contributed by atoms with Gasteiger partial charge in [-0.15, -0.1) is 0 Å². The Balaban J connectivity index is 1.73. The maximum atomic E-state index is 13.2. The molecular formula is C18H15FO. The first-order valence-electron chi connectivity index (χ1n) is 6.64. The van der Waals surface area contributed by atoms with E-state index < -0.39 is 0 Å². The van der Waals surface area contributed by atoms with Crippen LogP contribution in [0.4, 0.5) is 4.39 Å². The molecular weight excluding hydrogens is 251 g/mol. The van der Waals surface area contributed by atoms with E-state index in [-0.39, 0.29) is 5.82 Å². The first-order chi connectivity index (χ1) is 9.81. The van der Waals surface area contributed by atoms with Crippen molar-refractivity contribution in [2.75, 3.05) is 6.61 Å². The molecule has 20 heavy (non-hydrogen) atoms. The van der Waals surface area contributed by atoms with Gasteiger partial charge >= 0.3 is 0 Å². The molecule has 0 atom stereocenters. The first-order valence-corrected chi connectivity index (χ1v) is 6.64. The molecule has 0 unspecified atom stereocenters. The molecule has 0 aliphatic carbocycles. The fourth-order valence-corrected chi connectivity index (χ4v) is 2.26. The van der Waals surface area contributed by atoms with E-state index in [9.17, 15) is 4.39 Å². The number of ether oxygens (including phenoxy) is 1. The predicted octanol–water partition coefficient (Wildman–Crippen LogP) is 4.40. The number of allylic oxidation sites excluding steroid dienone is 2. The van der Waals surface area contributed by atoms with Crippen LogP contribution in [0.15, 0.2) is 66.3 Å². The van der Waals surface area contributed by atoms with Gasteiger partial charge in [-0.25, -0.2) is 4.39 Å². The van der Waals surface area contributed by atoms with Crippen molar-refractivity contribution < 1.29 is 9.13 Å². The number of hydrogen-bond acceptors (Lipinski definition) is 1. The van der Waals surface area contributed by atoms with Crippen LogP contribution in [-0.4, -0.2) is 6.61 Å². The lowest BCUT2D eigenvalue weighted by Gasteiger charge is -2.19. The molecule has 1 aliphatic heterocycles. The summed E-state index contributed by atoms with van der Waals surface area (Å²) in [5.41, 5.74) is 3.22. The fourth-order valence-electron chi connectivity index (χ4n) is 2.26. The van der Waals surface area contributed by atoms with Crippen molar-refractivity contribution in [1.29, 1.82) is 0 Å². The number of fused-ring (bicyclic) bond motifs is 1. The molecule has 2 heteroatoms. The van der Waals surface area contributed by atoms with Gasteiger partial charge in [0, 0.05) is 12.0 Å². The van der Waals surface area contributed by atoms with Gasteiger partial charge < -0.3 is 4.74 Å². The Morgan fingerprint density at radius 3 is 2.75 bits per heavy atom. The van der Waals surface area contributed by atoms with Crippen molar-refractivity contribution in [1.82, 2.24) is 0 Å². The molecule has 0 saturated carbocycles. The Bertz CT molecular complexity index is 656. The van der Waals surface area contributed by atoms with E-state index in [2.05, 4.69) is 12.1 Å². The van der Waals surface area contributed by atoms with E-state index in [4.69, 9.17) is 4.74 Å². The maximum Gasteiger partial charge on any atom is 0.123 e. The molecule has 0 aromatic heterocycles. The van der Waals surface area contributed by atoms with Gasteiger partial charge in [0.05, 0.1) is 0 Å². The van der Waals surface area contributed by atoms with Crippen LogP contribution in [0.25, 0.3) is 6.08 Å². The fraction of sp³-hybridized carbons (Fsp3) is 0.111. The van der Waals surface area contributed by atoms with Crippen LogP contribution in [0.5, 0.6) is 5.75 Å². The zero-order valence-corrected chi connectivity index (χ0v) is 11.1. The first kappa shape index (κ1) is 12.7. The summed E-state index contributed by atoms with van der Waals surface area (Å²) in [4.78, 5) is 0. The molecule has 3 rings (SSSR count). The monoisotopic (exact) mass is 266 g/mol. The summed E-state index contributed by atoms with van der Waals surface area (Å²) >= 11 is 0. The Morgan fingerprint density at radius 2 is 1.90 bits per heavy atom. The van der Waals surface area contributed by atoms with Crippen LogP contribution in [0.1, 0.15) is 11.1 Å². The average Bonchev–Trinajstić information content (AvgIpc) is 2.48. The van der Waals surface area contributed by atoms with E-state index in [0.29, 0.717) is 6.61 Å². The molecule has 100 valence electrons. The van der Waals surface area contributed by atoms with Crippen molar-refractivity contribution in [2.24, 2.45) is 0 Å². The molecule has 0 radical (unpaired) electrons. The highest BCUT2D eigenvalue weighted by atomic mass is 19.1. The molecule has 0 amide bonds. The van der Waals surface area contributed by atoms with Gasteiger partial charge in [-0.05, 0) is 29.3 Å². The number of hydrogen-bond donors (Lipinski definition) is 0. The van der Waals surface area contributed by atoms with E-state index >= 15 is 0 Å². The Kier molecular flexibility index (Phi) is 3.64. The van der Waals surface area contributed by atoms with Gasteiger partial charge in [-0.2, -0.15) is 0 Å². The minimum absolute atomic E-state index is 0.214. The second kappa shape index (κ2) is 5.74. The van der Waals surface area contributed by atoms with Gasteiger partial charge in [0.1, 0.15) is 18.2 Å². The standard InChI is InChI=1S/C18H15FO/c19-17-9-10-18-16(12-17)11-15(13-20-18)8-4-7-14-5-2-1-3-6-14/h1-10,12H,11,13H2/b7-4+,15-8-. The number of rotatable bonds is 2. The van der Waals surface area contributed by atoms with Gasteiger partial charge in [0.2, 0.25) is 0 Å². The van der Waals surface area contributed by atoms with Crippen molar-refractivity contribution in [3.8, 4) is 5.75 Å². The van der Waals surface area contributed by atoms with Crippen molar-refractivity contribution in [3.63, 3.8) is 0 Å². The molecule has 0 bridgehead atoms. The highest BCUT2D eigenvalue weighted by molar-refractivity contribution is 5.51. The molecule has 0 N–H and O–H groups in total. The molecule has 2 aromatic carbocycles. The SMILES string of the molecule is Fc1ccc2c(c1)C/C(=C/C=C/c1ccccc1)CO2. The maximum absolute atomic E-state index is 13.2. The molecule has 0 saturated heterocycles. The van der Waals surface area contributed by atoms with E-state index in [0.717, 1.165) is 28.9 Å². The summed E-state index contributed by atoms with van der Waals surface area (Å²) < 4.78 is 18.8. The van der Waals surface area contributed by atoms with Crippen molar-refractivity contribution >= 4 is 6.08 Å². The van der Waals surface area contributed by atoms with Crippen LogP contribution in [0.3, 0.4) is 0 Å². The zero-order chi connectivity index (χ0) is 13.8. The van der Waals surface area contributed by atoms with Crippen molar-refractivity contribution in [3.05, 3.63) is 83.2 Å². The highest BCUT2D eigenvalue weighted by Gasteiger charge is 2.13. The van der Waals surface area contributed by atoms with Crippen LogP contribution < -0.4 is 4.74 Å². The van der Waals surface area contributed by atoms with E-state index in [1.807, 2.05) is 36.4 Å². The Hall–Kier alpha value is -2.35. The normalized spacial score (nSPS) is 16.1. The molecule has 0 fully saturated rings. The summed E-state index contributed by atoms with van der Waals surface area (Å²) in [5, 5.41) is 0. The third-order valence-corrected chi connectivity index (χ3v) is 3.27. The predicted molar refractivity (Wildman–Crippen MR) is 79.2 cm³/mol. The van der Waals surface area contributed by atoms with Crippen molar-refractivity contribution in [2.45, 2.75) is 6.42 Å². The molecule has 1 heterocycles. The molecule has 1 aliphatic rings. The summed E-state index contributed by atoms with van der Waals surface area (Å²) in [5.74, 6) is 0.573. The second-order valence-corrected chi connectivity index (χ2v) is 4.81. The lowest BCUT2D eigenvalue weighted by molar-refractivity contribution is 0.331. The largest absolute Gasteiger partial charge is 0.489 e. The topological polar surface area (TPSA) is 9.23 Å². The lowest BCUT2D eigenvalue weighted by atomic mass is 10.0. The van der Waals surface area contributed by atoms with Crippen LogP contribution in [0.2, 0.25) is 0 Å². The van der Waals surface area contributed by atoms with E-state index in [1.54, 1.807) is 12.1 Å². The van der Waals surface area contributed by atoms with E-state index in [1.165, 1.54) is 6.07 Å². The number of benzene rings is 2. The van der Waals surface area contributed by atoms with Crippen LogP contribution in [-0.2, 0) is 6.42 Å². The Morgan fingerprint density at radius 1 is 1.05 bits per heavy atom. The lowest BCUT2D eigenvalue weighted by Crippen LogP contribution is -2.12. The summed E-state index contributed by atoms with van der Waals surface area (Å²) in [6.45, 7) is 0.567.